The Labute approximate surface area is 94.0 Å². The molecule has 3 atom stereocenters. The van der Waals surface area contributed by atoms with E-state index in [0.717, 1.165) is 13.0 Å². The molecule has 2 heteroatoms. The number of ether oxygens (including phenoxy) is 1. The van der Waals surface area contributed by atoms with Crippen LogP contribution in [0.5, 0.6) is 0 Å². The second-order valence-corrected chi connectivity index (χ2v) is 4.92. The van der Waals surface area contributed by atoms with Gasteiger partial charge in [0.15, 0.2) is 0 Å². The van der Waals surface area contributed by atoms with Crippen molar-refractivity contribution in [1.29, 1.82) is 0 Å². The highest BCUT2D eigenvalue weighted by Crippen LogP contribution is 2.27. The Kier molecular flexibility index (Phi) is 6.26. The molecule has 1 saturated heterocycles. The van der Waals surface area contributed by atoms with E-state index in [1.54, 1.807) is 0 Å². The van der Waals surface area contributed by atoms with E-state index in [0.29, 0.717) is 18.4 Å². The largest absolute Gasteiger partial charge is 0.390 e. The summed E-state index contributed by atoms with van der Waals surface area (Å²) < 4.78 is 5.26. The Morgan fingerprint density at radius 3 is 2.80 bits per heavy atom. The molecule has 1 heterocycles. The number of rotatable bonds is 6. The average molecular weight is 214 g/mol. The Bertz CT molecular complexity index is 159. The summed E-state index contributed by atoms with van der Waals surface area (Å²) in [6, 6.07) is 0. The summed E-state index contributed by atoms with van der Waals surface area (Å²) >= 11 is 0. The predicted molar refractivity (Wildman–Crippen MR) is 62.9 cm³/mol. The number of unbranched alkanes of at least 4 members (excludes halogenated alkanes) is 3. The number of aliphatic hydroxyl groups excluding tert-OH is 1. The molecule has 1 aliphatic rings. The minimum absolute atomic E-state index is 0.222. The Morgan fingerprint density at radius 2 is 2.13 bits per heavy atom. The molecular formula is C13H26O2. The molecule has 0 aromatic heterocycles. The van der Waals surface area contributed by atoms with Crippen LogP contribution in [0.3, 0.4) is 0 Å². The van der Waals surface area contributed by atoms with Crippen molar-refractivity contribution < 1.29 is 9.84 Å². The lowest BCUT2D eigenvalue weighted by molar-refractivity contribution is -0.0607. The highest BCUT2D eigenvalue weighted by Gasteiger charge is 2.27. The maximum Gasteiger partial charge on any atom is 0.0805 e. The van der Waals surface area contributed by atoms with Crippen LogP contribution in [0.2, 0.25) is 0 Å². The van der Waals surface area contributed by atoms with Crippen LogP contribution < -0.4 is 0 Å². The minimum Gasteiger partial charge on any atom is -0.390 e. The van der Waals surface area contributed by atoms with Crippen molar-refractivity contribution in [1.82, 2.24) is 0 Å². The summed E-state index contributed by atoms with van der Waals surface area (Å²) in [5, 5.41) is 9.82. The van der Waals surface area contributed by atoms with Crippen molar-refractivity contribution in [3.05, 3.63) is 0 Å². The maximum atomic E-state index is 9.82. The maximum absolute atomic E-state index is 9.82. The monoisotopic (exact) mass is 214 g/mol. The summed E-state index contributed by atoms with van der Waals surface area (Å²) in [6.45, 7) is 5.90. The lowest BCUT2D eigenvalue weighted by Crippen LogP contribution is -2.36. The predicted octanol–water partition coefficient (Wildman–Crippen LogP) is 2.99. The van der Waals surface area contributed by atoms with Gasteiger partial charge in [0.2, 0.25) is 0 Å². The fraction of sp³-hybridized carbons (Fsp3) is 1.00. The van der Waals surface area contributed by atoms with E-state index in [1.807, 2.05) is 0 Å². The number of hydrogen-bond donors (Lipinski definition) is 1. The van der Waals surface area contributed by atoms with E-state index in [9.17, 15) is 5.11 Å². The normalized spacial score (nSPS) is 29.0. The second kappa shape index (κ2) is 7.24. The third kappa shape index (κ3) is 4.52. The molecule has 0 amide bonds. The van der Waals surface area contributed by atoms with Gasteiger partial charge >= 0.3 is 0 Å². The van der Waals surface area contributed by atoms with Gasteiger partial charge in [-0.05, 0) is 18.3 Å². The molecule has 0 radical (unpaired) electrons. The van der Waals surface area contributed by atoms with Crippen molar-refractivity contribution in [3.8, 4) is 0 Å². The zero-order valence-electron chi connectivity index (χ0n) is 10.2. The van der Waals surface area contributed by atoms with Crippen LogP contribution >= 0.6 is 0 Å². The van der Waals surface area contributed by atoms with Gasteiger partial charge in [-0.1, -0.05) is 46.0 Å². The molecule has 0 aromatic carbocycles. The molecule has 1 N–H and O–H groups in total. The van der Waals surface area contributed by atoms with Crippen molar-refractivity contribution in [3.63, 3.8) is 0 Å². The lowest BCUT2D eigenvalue weighted by atomic mass is 9.82. The van der Waals surface area contributed by atoms with Gasteiger partial charge in [0.25, 0.3) is 0 Å². The van der Waals surface area contributed by atoms with Crippen molar-refractivity contribution >= 4 is 0 Å². The smallest absolute Gasteiger partial charge is 0.0805 e. The fourth-order valence-corrected chi connectivity index (χ4v) is 2.51. The number of hydrogen-bond acceptors (Lipinski definition) is 2. The summed E-state index contributed by atoms with van der Waals surface area (Å²) in [6.07, 6.45) is 7.40. The van der Waals surface area contributed by atoms with Crippen LogP contribution in [0, 0.1) is 11.8 Å². The highest BCUT2D eigenvalue weighted by atomic mass is 16.5. The first kappa shape index (κ1) is 13.0. The second-order valence-electron chi connectivity index (χ2n) is 4.92. The quantitative estimate of drug-likeness (QED) is 0.689. The van der Waals surface area contributed by atoms with E-state index < -0.39 is 0 Å². The zero-order valence-corrected chi connectivity index (χ0v) is 10.2. The lowest BCUT2D eigenvalue weighted by Gasteiger charge is -2.32. The van der Waals surface area contributed by atoms with E-state index in [4.69, 9.17) is 4.74 Å². The standard InChI is InChI=1S/C13H26O2/c1-3-4-5-6-7-11(2)12-8-9-15-10-13(12)14/h11-14H,3-10H2,1-2H3/t11?,12-,13+/m1/s1. The van der Waals surface area contributed by atoms with Crippen molar-refractivity contribution in [2.45, 2.75) is 58.5 Å². The first-order chi connectivity index (χ1) is 7.25. The van der Waals surface area contributed by atoms with Crippen LogP contribution in [0.15, 0.2) is 0 Å². The molecule has 1 fully saturated rings. The first-order valence-electron chi connectivity index (χ1n) is 6.51. The molecular weight excluding hydrogens is 188 g/mol. The van der Waals surface area contributed by atoms with E-state index >= 15 is 0 Å². The van der Waals surface area contributed by atoms with Crippen LogP contribution in [-0.2, 0) is 4.74 Å². The van der Waals surface area contributed by atoms with Crippen LogP contribution in [0.4, 0.5) is 0 Å². The molecule has 0 bridgehead atoms. The third-order valence-electron chi connectivity index (χ3n) is 3.62. The summed E-state index contributed by atoms with van der Waals surface area (Å²) in [5.74, 6) is 1.13. The van der Waals surface area contributed by atoms with Gasteiger partial charge in [-0.15, -0.1) is 0 Å². The number of aliphatic hydroxyl groups is 1. The van der Waals surface area contributed by atoms with Crippen LogP contribution in [0.1, 0.15) is 52.4 Å². The van der Waals surface area contributed by atoms with Gasteiger partial charge in [0.1, 0.15) is 0 Å². The van der Waals surface area contributed by atoms with Crippen molar-refractivity contribution in [2.24, 2.45) is 11.8 Å². The summed E-state index contributed by atoms with van der Waals surface area (Å²) in [4.78, 5) is 0. The van der Waals surface area contributed by atoms with Gasteiger partial charge in [0, 0.05) is 6.61 Å². The van der Waals surface area contributed by atoms with Gasteiger partial charge < -0.3 is 9.84 Å². The highest BCUT2D eigenvalue weighted by molar-refractivity contribution is 4.77. The Balaban J connectivity index is 2.16. The zero-order chi connectivity index (χ0) is 11.1. The topological polar surface area (TPSA) is 29.5 Å². The Hall–Kier alpha value is -0.0800. The van der Waals surface area contributed by atoms with Gasteiger partial charge in [0.05, 0.1) is 12.7 Å². The van der Waals surface area contributed by atoms with Crippen LogP contribution in [-0.4, -0.2) is 24.4 Å². The molecule has 2 nitrogen and oxygen atoms in total. The third-order valence-corrected chi connectivity index (χ3v) is 3.62. The van der Waals surface area contributed by atoms with E-state index in [1.165, 1.54) is 32.1 Å². The summed E-state index contributed by atoms with van der Waals surface area (Å²) in [7, 11) is 0. The molecule has 0 aliphatic carbocycles. The summed E-state index contributed by atoms with van der Waals surface area (Å²) in [5.41, 5.74) is 0. The van der Waals surface area contributed by atoms with E-state index in [2.05, 4.69) is 13.8 Å². The van der Waals surface area contributed by atoms with Gasteiger partial charge in [-0.25, -0.2) is 0 Å². The molecule has 0 aromatic rings. The average Bonchev–Trinajstić information content (AvgIpc) is 2.25. The molecule has 1 rings (SSSR count). The molecule has 0 saturated carbocycles. The van der Waals surface area contributed by atoms with Gasteiger partial charge in [-0.2, -0.15) is 0 Å². The van der Waals surface area contributed by atoms with Crippen LogP contribution in [0.25, 0.3) is 0 Å². The molecule has 15 heavy (non-hydrogen) atoms. The molecule has 1 unspecified atom stereocenters. The Morgan fingerprint density at radius 1 is 1.33 bits per heavy atom. The SMILES string of the molecule is CCCCCCC(C)[C@H]1CCOC[C@@H]1O. The first-order valence-corrected chi connectivity index (χ1v) is 6.51. The molecule has 0 spiro atoms. The van der Waals surface area contributed by atoms with Crippen molar-refractivity contribution in [2.75, 3.05) is 13.2 Å². The van der Waals surface area contributed by atoms with Gasteiger partial charge in [-0.3, -0.25) is 0 Å². The molecule has 90 valence electrons. The molecule has 1 aliphatic heterocycles. The van der Waals surface area contributed by atoms with E-state index in [-0.39, 0.29) is 6.10 Å². The minimum atomic E-state index is -0.222. The fourth-order valence-electron chi connectivity index (χ4n) is 2.51.